The number of nitrogens with zero attached hydrogens (tertiary/aromatic N) is 3. The van der Waals surface area contributed by atoms with Gasteiger partial charge in [0.1, 0.15) is 5.57 Å². The lowest BCUT2D eigenvalue weighted by Gasteiger charge is -2.28. The van der Waals surface area contributed by atoms with E-state index < -0.39 is 0 Å². The average Bonchev–Trinajstić information content (AvgIpc) is 2.91. The molecule has 2 heterocycles. The van der Waals surface area contributed by atoms with Crippen LogP contribution in [0.1, 0.15) is 24.8 Å². The predicted molar refractivity (Wildman–Crippen MR) is 97.0 cm³/mol. The van der Waals surface area contributed by atoms with Crippen LogP contribution >= 0.6 is 0 Å². The molecule has 1 fully saturated rings. The lowest BCUT2D eigenvalue weighted by atomic mass is 10.1. The van der Waals surface area contributed by atoms with Gasteiger partial charge in [0.25, 0.3) is 18.3 Å². The summed E-state index contributed by atoms with van der Waals surface area (Å²) in [6, 6.07) is 8.35. The van der Waals surface area contributed by atoms with Gasteiger partial charge >= 0.3 is 0 Å². The van der Waals surface area contributed by atoms with E-state index in [9.17, 15) is 9.59 Å². The van der Waals surface area contributed by atoms with Crippen molar-refractivity contribution in [2.45, 2.75) is 19.3 Å². The van der Waals surface area contributed by atoms with Gasteiger partial charge in [-0.15, -0.1) is 5.10 Å². The Morgan fingerprint density at radius 3 is 2.52 bits per heavy atom. The Morgan fingerprint density at radius 1 is 1.12 bits per heavy atom. The number of benzene rings is 1. The van der Waals surface area contributed by atoms with E-state index >= 15 is 0 Å². The Labute approximate surface area is 147 Å². The second-order valence-electron chi connectivity index (χ2n) is 6.03. The van der Waals surface area contributed by atoms with Crippen LogP contribution in [0.2, 0.25) is 0 Å². The average molecular weight is 339 g/mol. The number of carbonyl (C=O) groups excluding carboxylic acids is 2. The lowest BCUT2D eigenvalue weighted by molar-refractivity contribution is -0.124. The van der Waals surface area contributed by atoms with Crippen LogP contribution in [0.15, 0.2) is 47.1 Å². The van der Waals surface area contributed by atoms with Crippen molar-refractivity contribution in [3.8, 4) is 0 Å². The number of anilines is 1. The standard InChI is InChI=1S/C19H21N3O3/c1-21-19(24)17(18(20-21)25-14-23)7-5-6-15-8-10-16(11-9-15)22-12-3-2-4-13-22/h5-11,14H,2-4,12-13H2,1H3. The number of carbonyl (C=O) groups is 2. The molecule has 0 N–H and O–H groups in total. The number of hydrogen-bond acceptors (Lipinski definition) is 5. The highest BCUT2D eigenvalue weighted by molar-refractivity contribution is 6.22. The van der Waals surface area contributed by atoms with Gasteiger partial charge in [-0.05, 0) is 43.0 Å². The van der Waals surface area contributed by atoms with Crippen LogP contribution in [-0.4, -0.2) is 43.4 Å². The van der Waals surface area contributed by atoms with Crippen molar-refractivity contribution in [1.82, 2.24) is 5.01 Å². The summed E-state index contributed by atoms with van der Waals surface area (Å²) in [6.45, 7) is 2.51. The van der Waals surface area contributed by atoms with E-state index in [-0.39, 0.29) is 23.9 Å². The molecule has 25 heavy (non-hydrogen) atoms. The molecule has 2 aliphatic rings. The van der Waals surface area contributed by atoms with Gasteiger partial charge < -0.3 is 9.64 Å². The summed E-state index contributed by atoms with van der Waals surface area (Å²) >= 11 is 0. The van der Waals surface area contributed by atoms with E-state index in [1.807, 2.05) is 6.08 Å². The van der Waals surface area contributed by atoms with Crippen molar-refractivity contribution in [2.75, 3.05) is 25.0 Å². The Kier molecular flexibility index (Phi) is 5.28. The molecule has 6 heteroatoms. The van der Waals surface area contributed by atoms with Gasteiger partial charge in [-0.3, -0.25) is 9.59 Å². The van der Waals surface area contributed by atoms with Gasteiger partial charge in [-0.2, -0.15) is 0 Å². The van der Waals surface area contributed by atoms with E-state index in [1.54, 1.807) is 12.2 Å². The Bertz CT molecular complexity index is 729. The number of hydrazone groups is 1. The molecule has 0 saturated carbocycles. The number of piperidine rings is 1. The van der Waals surface area contributed by atoms with Gasteiger partial charge in [-0.1, -0.05) is 24.3 Å². The Balaban J connectivity index is 1.68. The zero-order chi connectivity index (χ0) is 17.6. The summed E-state index contributed by atoms with van der Waals surface area (Å²) in [5.41, 5.74) is 2.54. The molecule has 0 atom stereocenters. The van der Waals surface area contributed by atoms with Crippen molar-refractivity contribution in [1.29, 1.82) is 0 Å². The fraction of sp³-hybridized carbons (Fsp3) is 0.316. The first-order valence-electron chi connectivity index (χ1n) is 8.40. The number of likely N-dealkylation sites (N-methyl/N-ethyl adjacent to an activating group) is 1. The van der Waals surface area contributed by atoms with E-state index in [0.717, 1.165) is 23.7 Å². The number of allylic oxidation sites excluding steroid dienone is 2. The van der Waals surface area contributed by atoms with Crippen LogP contribution in [0.4, 0.5) is 5.69 Å². The largest absolute Gasteiger partial charge is 0.407 e. The summed E-state index contributed by atoms with van der Waals surface area (Å²) in [7, 11) is 1.51. The Morgan fingerprint density at radius 2 is 1.84 bits per heavy atom. The van der Waals surface area contributed by atoms with Gasteiger partial charge in [0.05, 0.1) is 0 Å². The van der Waals surface area contributed by atoms with Crippen LogP contribution in [0, 0.1) is 0 Å². The summed E-state index contributed by atoms with van der Waals surface area (Å²) in [5.74, 6) is -0.283. The van der Waals surface area contributed by atoms with Crippen LogP contribution in [-0.2, 0) is 14.3 Å². The van der Waals surface area contributed by atoms with E-state index in [2.05, 4.69) is 34.3 Å². The van der Waals surface area contributed by atoms with Crippen LogP contribution in [0.25, 0.3) is 6.08 Å². The molecule has 1 aromatic carbocycles. The molecule has 1 aromatic rings. The molecule has 3 rings (SSSR count). The van der Waals surface area contributed by atoms with Gasteiger partial charge in [0.15, 0.2) is 0 Å². The van der Waals surface area contributed by atoms with Crippen molar-refractivity contribution >= 4 is 30.0 Å². The molecule has 0 aliphatic carbocycles. The van der Waals surface area contributed by atoms with Crippen LogP contribution in [0.3, 0.4) is 0 Å². The first-order chi connectivity index (χ1) is 12.2. The highest BCUT2D eigenvalue weighted by Crippen LogP contribution is 2.21. The summed E-state index contributed by atoms with van der Waals surface area (Å²) in [4.78, 5) is 24.9. The smallest absolute Gasteiger partial charge is 0.299 e. The maximum atomic E-state index is 12.0. The minimum atomic E-state index is -0.304. The van der Waals surface area contributed by atoms with E-state index in [4.69, 9.17) is 4.74 Å². The first kappa shape index (κ1) is 17.0. The third-order valence-corrected chi connectivity index (χ3v) is 4.32. The van der Waals surface area contributed by atoms with Crippen molar-refractivity contribution in [3.05, 3.63) is 47.6 Å². The first-order valence-corrected chi connectivity index (χ1v) is 8.40. The fourth-order valence-corrected chi connectivity index (χ4v) is 2.98. The summed E-state index contributed by atoms with van der Waals surface area (Å²) in [6.07, 6.45) is 9.09. The molecular formula is C19H21N3O3. The minimum Gasteiger partial charge on any atom is -0.407 e. The van der Waals surface area contributed by atoms with E-state index in [1.165, 1.54) is 32.0 Å². The van der Waals surface area contributed by atoms with Crippen molar-refractivity contribution in [2.24, 2.45) is 5.10 Å². The molecule has 0 bridgehead atoms. The molecule has 0 spiro atoms. The van der Waals surface area contributed by atoms with Crippen molar-refractivity contribution < 1.29 is 14.3 Å². The maximum absolute atomic E-state index is 12.0. The van der Waals surface area contributed by atoms with E-state index in [0.29, 0.717) is 0 Å². The zero-order valence-corrected chi connectivity index (χ0v) is 14.2. The van der Waals surface area contributed by atoms with Gasteiger partial charge in [0, 0.05) is 25.8 Å². The normalized spacial score (nSPS) is 19.6. The predicted octanol–water partition coefficient (Wildman–Crippen LogP) is 2.58. The molecule has 0 radical (unpaired) electrons. The number of ether oxygens (including phenoxy) is 1. The molecule has 1 saturated heterocycles. The van der Waals surface area contributed by atoms with Gasteiger partial charge in [-0.25, -0.2) is 5.01 Å². The summed E-state index contributed by atoms with van der Waals surface area (Å²) in [5, 5.41) is 5.01. The molecule has 130 valence electrons. The molecular weight excluding hydrogens is 318 g/mol. The van der Waals surface area contributed by atoms with Gasteiger partial charge in [0.2, 0.25) is 0 Å². The fourth-order valence-electron chi connectivity index (χ4n) is 2.98. The lowest BCUT2D eigenvalue weighted by Crippen LogP contribution is -2.29. The molecule has 0 aromatic heterocycles. The summed E-state index contributed by atoms with van der Waals surface area (Å²) < 4.78 is 4.74. The quantitative estimate of drug-likeness (QED) is 0.625. The monoisotopic (exact) mass is 339 g/mol. The van der Waals surface area contributed by atoms with Crippen LogP contribution in [0.5, 0.6) is 0 Å². The zero-order valence-electron chi connectivity index (χ0n) is 14.2. The number of amides is 1. The number of hydrogen-bond donors (Lipinski definition) is 0. The molecule has 1 amide bonds. The second-order valence-corrected chi connectivity index (χ2v) is 6.03. The SMILES string of the molecule is CN1N=C(OC=O)C(=CC=Cc2ccc(N3CCCCC3)cc2)C1=O. The van der Waals surface area contributed by atoms with Crippen molar-refractivity contribution in [3.63, 3.8) is 0 Å². The Hall–Kier alpha value is -2.89. The van der Waals surface area contributed by atoms with Crippen LogP contribution < -0.4 is 4.90 Å². The molecule has 2 aliphatic heterocycles. The third kappa shape index (κ3) is 3.96. The topological polar surface area (TPSA) is 62.2 Å². The third-order valence-electron chi connectivity index (χ3n) is 4.32. The minimum absolute atomic E-state index is 0.0209. The highest BCUT2D eigenvalue weighted by atomic mass is 16.5. The maximum Gasteiger partial charge on any atom is 0.299 e. The molecule has 6 nitrogen and oxygen atoms in total. The molecule has 0 unspecified atom stereocenters. The number of rotatable bonds is 4. The second kappa shape index (κ2) is 7.79. The highest BCUT2D eigenvalue weighted by Gasteiger charge is 2.28.